The lowest BCUT2D eigenvalue weighted by Gasteiger charge is -2.21. The van der Waals surface area contributed by atoms with Crippen LogP contribution >= 0.6 is 0 Å². The molecule has 0 amide bonds. The molecule has 0 aliphatic rings. The van der Waals surface area contributed by atoms with Crippen LogP contribution in [0.25, 0.3) is 0 Å². The Labute approximate surface area is 239 Å². The second-order valence-electron chi connectivity index (χ2n) is 11.1. The summed E-state index contributed by atoms with van der Waals surface area (Å²) in [4.78, 5) is 0. The van der Waals surface area contributed by atoms with Gasteiger partial charge in [0, 0.05) is 23.9 Å². The first-order chi connectivity index (χ1) is 18.8. The molecule has 39 heavy (non-hydrogen) atoms. The van der Waals surface area contributed by atoms with Crippen LogP contribution in [-0.2, 0) is 19.4 Å². The van der Waals surface area contributed by atoms with Gasteiger partial charge in [-0.1, -0.05) is 119 Å². The molecule has 0 radical (unpaired) electrons. The van der Waals surface area contributed by atoms with Crippen LogP contribution in [0, 0.1) is 18.8 Å². The standard InChI is InChI=1S/C33H40N2.C4H10/c1-5-13-32(28(4)35-24-27(3)34-25-31-16-10-7-11-17-31)19-12-18-30-20-21-33(26(2)22-30)23-29-14-8-6-9-15-29;1-4(2)3/h5-11,14-17,20-22,32,34-35H,1,3-4,12-13,18-19,23-25H2,2H3;4H,1-3H3. The highest BCUT2D eigenvalue weighted by atomic mass is 15.0. The van der Waals surface area contributed by atoms with Crippen LogP contribution < -0.4 is 10.6 Å². The van der Waals surface area contributed by atoms with Crippen LogP contribution in [-0.4, -0.2) is 6.54 Å². The fraction of sp³-hybridized carbons (Fsp3) is 0.351. The average molecular weight is 523 g/mol. The molecular formula is C37H50N2. The summed E-state index contributed by atoms with van der Waals surface area (Å²) >= 11 is 0. The van der Waals surface area contributed by atoms with E-state index in [1.54, 1.807) is 0 Å². The summed E-state index contributed by atoms with van der Waals surface area (Å²) in [6.07, 6.45) is 7.23. The van der Waals surface area contributed by atoms with Gasteiger partial charge in [-0.05, 0) is 72.8 Å². The van der Waals surface area contributed by atoms with E-state index in [1.807, 2.05) is 12.1 Å². The first-order valence-electron chi connectivity index (χ1n) is 14.4. The number of nitrogens with one attached hydrogen (secondary N) is 2. The molecule has 2 N–H and O–H groups in total. The summed E-state index contributed by atoms with van der Waals surface area (Å²) in [7, 11) is 0. The number of benzene rings is 3. The molecule has 0 heterocycles. The first kappa shape index (κ1) is 31.7. The van der Waals surface area contributed by atoms with Crippen molar-refractivity contribution in [2.24, 2.45) is 11.8 Å². The summed E-state index contributed by atoms with van der Waals surface area (Å²) < 4.78 is 0. The zero-order valence-corrected chi connectivity index (χ0v) is 24.8. The van der Waals surface area contributed by atoms with E-state index in [2.05, 4.69) is 131 Å². The van der Waals surface area contributed by atoms with Crippen molar-refractivity contribution in [3.05, 3.63) is 144 Å². The Morgan fingerprint density at radius 3 is 2.03 bits per heavy atom. The van der Waals surface area contributed by atoms with Crippen LogP contribution in [0.4, 0.5) is 0 Å². The number of rotatable bonds is 15. The Morgan fingerprint density at radius 1 is 0.821 bits per heavy atom. The average Bonchev–Trinajstić information content (AvgIpc) is 2.92. The molecule has 0 aromatic heterocycles. The smallest absolute Gasteiger partial charge is 0.0538 e. The van der Waals surface area contributed by atoms with Gasteiger partial charge in [-0.25, -0.2) is 0 Å². The van der Waals surface area contributed by atoms with Gasteiger partial charge in [-0.15, -0.1) is 6.58 Å². The fourth-order valence-corrected chi connectivity index (χ4v) is 4.37. The van der Waals surface area contributed by atoms with Gasteiger partial charge in [-0.2, -0.15) is 0 Å². The number of aryl methyl sites for hydroxylation is 2. The van der Waals surface area contributed by atoms with Gasteiger partial charge in [0.1, 0.15) is 0 Å². The minimum absolute atomic E-state index is 0.382. The fourth-order valence-electron chi connectivity index (χ4n) is 4.37. The van der Waals surface area contributed by atoms with Crippen molar-refractivity contribution >= 4 is 0 Å². The maximum absolute atomic E-state index is 4.33. The SMILES string of the molecule is C=CCC(CCCc1ccc(Cc2ccccc2)c(C)c1)C(=C)NCC(=C)NCc1ccccc1.CC(C)C. The molecule has 0 spiro atoms. The van der Waals surface area contributed by atoms with Gasteiger partial charge in [0.2, 0.25) is 0 Å². The molecule has 3 rings (SSSR count). The number of hydrogen-bond donors (Lipinski definition) is 2. The van der Waals surface area contributed by atoms with E-state index >= 15 is 0 Å². The zero-order valence-electron chi connectivity index (χ0n) is 24.8. The molecule has 0 aliphatic heterocycles. The Kier molecular flexibility index (Phi) is 14.5. The Hall–Kier alpha value is -3.52. The van der Waals surface area contributed by atoms with Gasteiger partial charge in [0.05, 0.1) is 6.54 Å². The van der Waals surface area contributed by atoms with Gasteiger partial charge < -0.3 is 10.6 Å². The van der Waals surface area contributed by atoms with E-state index in [1.165, 1.54) is 27.8 Å². The highest BCUT2D eigenvalue weighted by Crippen LogP contribution is 2.22. The third-order valence-electron chi connectivity index (χ3n) is 6.52. The second-order valence-corrected chi connectivity index (χ2v) is 11.1. The Bertz CT molecular complexity index is 1130. The Balaban J connectivity index is 0.00000124. The van der Waals surface area contributed by atoms with Crippen molar-refractivity contribution in [3.8, 4) is 0 Å². The van der Waals surface area contributed by atoms with Crippen molar-refractivity contribution in [3.63, 3.8) is 0 Å². The highest BCUT2D eigenvalue weighted by molar-refractivity contribution is 5.35. The maximum atomic E-state index is 4.33. The molecule has 2 nitrogen and oxygen atoms in total. The molecule has 3 aromatic carbocycles. The van der Waals surface area contributed by atoms with E-state index in [-0.39, 0.29) is 0 Å². The molecule has 0 bridgehead atoms. The summed E-state index contributed by atoms with van der Waals surface area (Å²) in [5.74, 6) is 1.22. The van der Waals surface area contributed by atoms with E-state index in [0.717, 1.165) is 56.0 Å². The topological polar surface area (TPSA) is 24.1 Å². The maximum Gasteiger partial charge on any atom is 0.0538 e. The summed E-state index contributed by atoms with van der Waals surface area (Å²) in [6.45, 7) is 22.6. The van der Waals surface area contributed by atoms with Crippen molar-refractivity contribution < 1.29 is 0 Å². The predicted octanol–water partition coefficient (Wildman–Crippen LogP) is 9.17. The van der Waals surface area contributed by atoms with Crippen LogP contribution in [0.5, 0.6) is 0 Å². The van der Waals surface area contributed by atoms with Gasteiger partial charge in [0.25, 0.3) is 0 Å². The molecule has 2 heteroatoms. The van der Waals surface area contributed by atoms with Gasteiger partial charge in [-0.3, -0.25) is 0 Å². The minimum atomic E-state index is 0.382. The molecule has 1 unspecified atom stereocenters. The van der Waals surface area contributed by atoms with Crippen molar-refractivity contribution in [1.29, 1.82) is 0 Å². The lowest BCUT2D eigenvalue weighted by molar-refractivity contribution is 0.509. The molecule has 0 aliphatic carbocycles. The molecule has 0 fully saturated rings. The number of allylic oxidation sites excluding steroid dienone is 2. The van der Waals surface area contributed by atoms with Gasteiger partial charge in [0.15, 0.2) is 0 Å². The van der Waals surface area contributed by atoms with E-state index in [4.69, 9.17) is 0 Å². The quantitative estimate of drug-likeness (QED) is 0.194. The predicted molar refractivity (Wildman–Crippen MR) is 172 cm³/mol. The third-order valence-corrected chi connectivity index (χ3v) is 6.52. The molecule has 1 atom stereocenters. The van der Waals surface area contributed by atoms with E-state index in [9.17, 15) is 0 Å². The third kappa shape index (κ3) is 13.2. The number of hydrogen-bond acceptors (Lipinski definition) is 2. The van der Waals surface area contributed by atoms with Gasteiger partial charge >= 0.3 is 0 Å². The van der Waals surface area contributed by atoms with Crippen molar-refractivity contribution in [2.45, 2.75) is 66.3 Å². The van der Waals surface area contributed by atoms with Crippen LogP contribution in [0.2, 0.25) is 0 Å². The normalized spacial score (nSPS) is 11.2. The summed E-state index contributed by atoms with van der Waals surface area (Å²) in [5.41, 5.74) is 8.85. The minimum Gasteiger partial charge on any atom is -0.383 e. The molecule has 0 saturated carbocycles. The molecule has 0 saturated heterocycles. The van der Waals surface area contributed by atoms with Crippen LogP contribution in [0.3, 0.4) is 0 Å². The highest BCUT2D eigenvalue weighted by Gasteiger charge is 2.12. The summed E-state index contributed by atoms with van der Waals surface area (Å²) in [5, 5.41) is 6.88. The summed E-state index contributed by atoms with van der Waals surface area (Å²) in [6, 6.07) is 28.0. The lowest BCUT2D eigenvalue weighted by Crippen LogP contribution is -2.26. The molecule has 3 aromatic rings. The second kappa shape index (κ2) is 17.9. The largest absolute Gasteiger partial charge is 0.383 e. The van der Waals surface area contributed by atoms with Crippen LogP contribution in [0.1, 0.15) is 67.9 Å². The van der Waals surface area contributed by atoms with Crippen molar-refractivity contribution in [1.82, 2.24) is 10.6 Å². The van der Waals surface area contributed by atoms with E-state index < -0.39 is 0 Å². The first-order valence-corrected chi connectivity index (χ1v) is 14.4. The molecular weight excluding hydrogens is 472 g/mol. The lowest BCUT2D eigenvalue weighted by atomic mass is 9.92. The van der Waals surface area contributed by atoms with E-state index in [0.29, 0.717) is 12.5 Å². The van der Waals surface area contributed by atoms with Crippen LogP contribution in [0.15, 0.2) is 116 Å². The zero-order chi connectivity index (χ0) is 28.5. The monoisotopic (exact) mass is 522 g/mol. The Morgan fingerprint density at radius 2 is 1.44 bits per heavy atom. The van der Waals surface area contributed by atoms with Crippen molar-refractivity contribution in [2.75, 3.05) is 6.54 Å². The molecule has 208 valence electrons.